The topological polar surface area (TPSA) is 64.8 Å². The summed E-state index contributed by atoms with van der Waals surface area (Å²) in [5, 5.41) is 0. The molecule has 1 aromatic carbocycles. The molecule has 1 aromatic rings. The molecule has 2 aliphatic heterocycles. The van der Waals surface area contributed by atoms with Gasteiger partial charge in [-0.2, -0.15) is 0 Å². The predicted octanol–water partition coefficient (Wildman–Crippen LogP) is 0.517. The first-order valence-corrected chi connectivity index (χ1v) is 6.14. The van der Waals surface area contributed by atoms with Crippen molar-refractivity contribution in [3.05, 3.63) is 23.8 Å². The second-order valence-corrected chi connectivity index (χ2v) is 4.75. The molecule has 0 bridgehead atoms. The van der Waals surface area contributed by atoms with Crippen molar-refractivity contribution in [1.82, 2.24) is 4.90 Å². The van der Waals surface area contributed by atoms with E-state index in [4.69, 9.17) is 15.2 Å². The van der Waals surface area contributed by atoms with Gasteiger partial charge in [0.2, 0.25) is 12.7 Å². The van der Waals surface area contributed by atoms with E-state index in [1.165, 1.54) is 0 Å². The Bertz CT molecular complexity index is 475. The minimum absolute atomic E-state index is 0.127. The molecule has 18 heavy (non-hydrogen) atoms. The molecule has 0 aliphatic carbocycles. The summed E-state index contributed by atoms with van der Waals surface area (Å²) in [7, 11) is 0. The Balaban J connectivity index is 1.67. The number of nitrogens with two attached hydrogens (primary N) is 1. The minimum atomic E-state index is 0.127. The number of likely N-dealkylation sites (tertiary alicyclic amines) is 1. The van der Waals surface area contributed by atoms with Gasteiger partial charge in [-0.15, -0.1) is 0 Å². The number of ether oxygens (including phenoxy) is 2. The Hall–Kier alpha value is -1.75. The maximum atomic E-state index is 12.1. The lowest BCUT2D eigenvalue weighted by Crippen LogP contribution is -2.32. The maximum Gasteiger partial charge on any atom is 0.231 e. The van der Waals surface area contributed by atoms with Gasteiger partial charge in [0.05, 0.1) is 6.42 Å². The van der Waals surface area contributed by atoms with Gasteiger partial charge in [-0.25, -0.2) is 0 Å². The predicted molar refractivity (Wildman–Crippen MR) is 65.4 cm³/mol. The molecule has 2 heterocycles. The van der Waals surface area contributed by atoms with Gasteiger partial charge in [-0.3, -0.25) is 4.79 Å². The monoisotopic (exact) mass is 248 g/mol. The third kappa shape index (κ3) is 2.13. The molecule has 1 amide bonds. The van der Waals surface area contributed by atoms with Gasteiger partial charge in [0.1, 0.15) is 0 Å². The second kappa shape index (κ2) is 4.49. The van der Waals surface area contributed by atoms with Crippen LogP contribution < -0.4 is 15.2 Å². The number of hydrogen-bond acceptors (Lipinski definition) is 4. The van der Waals surface area contributed by atoms with Crippen LogP contribution in [0.4, 0.5) is 0 Å². The number of fused-ring (bicyclic) bond motifs is 1. The summed E-state index contributed by atoms with van der Waals surface area (Å²) in [5.41, 5.74) is 6.75. The zero-order valence-electron chi connectivity index (χ0n) is 10.1. The number of carbonyl (C=O) groups excluding carboxylic acids is 1. The zero-order valence-corrected chi connectivity index (χ0v) is 10.1. The van der Waals surface area contributed by atoms with Gasteiger partial charge in [-0.05, 0) is 24.1 Å². The van der Waals surface area contributed by atoms with Crippen LogP contribution in [0.5, 0.6) is 11.5 Å². The van der Waals surface area contributed by atoms with Crippen LogP contribution in [0.2, 0.25) is 0 Å². The molecule has 0 saturated carbocycles. The van der Waals surface area contributed by atoms with Crippen LogP contribution in [-0.4, -0.2) is 36.7 Å². The number of amides is 1. The van der Waals surface area contributed by atoms with Crippen LogP contribution in [0.3, 0.4) is 0 Å². The van der Waals surface area contributed by atoms with E-state index in [9.17, 15) is 4.79 Å². The second-order valence-electron chi connectivity index (χ2n) is 4.75. The molecule has 0 radical (unpaired) electrons. The summed E-state index contributed by atoms with van der Waals surface area (Å²) in [5.74, 6) is 1.59. The van der Waals surface area contributed by atoms with Crippen LogP contribution in [-0.2, 0) is 11.2 Å². The van der Waals surface area contributed by atoms with E-state index < -0.39 is 0 Å². The first kappa shape index (κ1) is 11.3. The van der Waals surface area contributed by atoms with Crippen molar-refractivity contribution in [1.29, 1.82) is 0 Å². The molecule has 1 fully saturated rings. The fourth-order valence-electron chi connectivity index (χ4n) is 2.35. The minimum Gasteiger partial charge on any atom is -0.454 e. The van der Waals surface area contributed by atoms with Gasteiger partial charge in [0.25, 0.3) is 0 Å². The molecule has 3 rings (SSSR count). The normalized spacial score (nSPS) is 21.4. The third-order valence-electron chi connectivity index (χ3n) is 3.37. The van der Waals surface area contributed by atoms with Crippen molar-refractivity contribution >= 4 is 5.91 Å². The smallest absolute Gasteiger partial charge is 0.231 e. The number of hydrogen-bond donors (Lipinski definition) is 1. The first-order chi connectivity index (χ1) is 8.72. The maximum absolute atomic E-state index is 12.1. The highest BCUT2D eigenvalue weighted by Gasteiger charge is 2.24. The van der Waals surface area contributed by atoms with E-state index in [2.05, 4.69) is 0 Å². The fraction of sp³-hybridized carbons (Fsp3) is 0.462. The summed E-state index contributed by atoms with van der Waals surface area (Å²) in [6.07, 6.45) is 1.29. The number of nitrogens with zero attached hydrogens (tertiary/aromatic N) is 1. The van der Waals surface area contributed by atoms with Gasteiger partial charge >= 0.3 is 0 Å². The summed E-state index contributed by atoms with van der Waals surface area (Å²) in [4.78, 5) is 13.9. The molecule has 1 saturated heterocycles. The van der Waals surface area contributed by atoms with Crippen LogP contribution in [0.15, 0.2) is 18.2 Å². The highest BCUT2D eigenvalue weighted by Crippen LogP contribution is 2.32. The van der Waals surface area contributed by atoms with E-state index in [0.29, 0.717) is 13.0 Å². The Morgan fingerprint density at radius 2 is 2.22 bits per heavy atom. The van der Waals surface area contributed by atoms with Crippen LogP contribution in [0, 0.1) is 0 Å². The van der Waals surface area contributed by atoms with Crippen molar-refractivity contribution in [2.24, 2.45) is 5.73 Å². The largest absolute Gasteiger partial charge is 0.454 e. The molecule has 5 heteroatoms. The molecule has 0 spiro atoms. The summed E-state index contributed by atoms with van der Waals surface area (Å²) in [6, 6.07) is 5.75. The molecule has 1 atom stereocenters. The van der Waals surface area contributed by atoms with E-state index in [1.54, 1.807) is 0 Å². The van der Waals surface area contributed by atoms with E-state index in [0.717, 1.165) is 30.0 Å². The van der Waals surface area contributed by atoms with Crippen LogP contribution in [0.1, 0.15) is 12.0 Å². The molecular formula is C13H16N2O3. The van der Waals surface area contributed by atoms with Gasteiger partial charge in [0, 0.05) is 19.1 Å². The number of rotatable bonds is 2. The summed E-state index contributed by atoms with van der Waals surface area (Å²) < 4.78 is 10.5. The average Bonchev–Trinajstić information content (AvgIpc) is 2.96. The SMILES string of the molecule is NC1CCN(C(=O)Cc2ccc3c(c2)OCO3)C1. The molecular weight excluding hydrogens is 232 g/mol. The molecule has 0 aromatic heterocycles. The van der Waals surface area contributed by atoms with Crippen LogP contribution in [0.25, 0.3) is 0 Å². The Morgan fingerprint density at radius 3 is 3.00 bits per heavy atom. The van der Waals surface area contributed by atoms with Gasteiger partial charge in [-0.1, -0.05) is 6.07 Å². The standard InChI is InChI=1S/C13H16N2O3/c14-10-3-4-15(7-10)13(16)6-9-1-2-11-12(5-9)18-8-17-11/h1-2,5,10H,3-4,6-8,14H2. The van der Waals surface area contributed by atoms with E-state index >= 15 is 0 Å². The van der Waals surface area contributed by atoms with Crippen LogP contribution >= 0.6 is 0 Å². The molecule has 2 aliphatic rings. The Kier molecular flexibility index (Phi) is 2.83. The lowest BCUT2D eigenvalue weighted by Gasteiger charge is -2.15. The Labute approximate surface area is 105 Å². The quantitative estimate of drug-likeness (QED) is 0.828. The highest BCUT2D eigenvalue weighted by molar-refractivity contribution is 5.79. The molecule has 5 nitrogen and oxygen atoms in total. The third-order valence-corrected chi connectivity index (χ3v) is 3.37. The molecule has 1 unspecified atom stereocenters. The summed E-state index contributed by atoms with van der Waals surface area (Å²) >= 11 is 0. The van der Waals surface area contributed by atoms with Crippen molar-refractivity contribution < 1.29 is 14.3 Å². The lowest BCUT2D eigenvalue weighted by atomic mass is 10.1. The van der Waals surface area contributed by atoms with Crippen molar-refractivity contribution in [3.8, 4) is 11.5 Å². The zero-order chi connectivity index (χ0) is 12.5. The first-order valence-electron chi connectivity index (χ1n) is 6.14. The lowest BCUT2D eigenvalue weighted by molar-refractivity contribution is -0.129. The molecule has 96 valence electrons. The van der Waals surface area contributed by atoms with Crippen molar-refractivity contribution in [3.63, 3.8) is 0 Å². The number of carbonyl (C=O) groups is 1. The fourth-order valence-corrected chi connectivity index (χ4v) is 2.35. The van der Waals surface area contributed by atoms with E-state index in [-0.39, 0.29) is 18.7 Å². The van der Waals surface area contributed by atoms with Crippen molar-refractivity contribution in [2.75, 3.05) is 19.9 Å². The highest BCUT2D eigenvalue weighted by atomic mass is 16.7. The molecule has 2 N–H and O–H groups in total. The Morgan fingerprint density at radius 1 is 1.39 bits per heavy atom. The van der Waals surface area contributed by atoms with Gasteiger partial charge in [0.15, 0.2) is 11.5 Å². The van der Waals surface area contributed by atoms with Gasteiger partial charge < -0.3 is 20.1 Å². The number of benzene rings is 1. The average molecular weight is 248 g/mol. The van der Waals surface area contributed by atoms with E-state index in [1.807, 2.05) is 23.1 Å². The van der Waals surface area contributed by atoms with Crippen molar-refractivity contribution in [2.45, 2.75) is 18.9 Å². The summed E-state index contributed by atoms with van der Waals surface area (Å²) in [6.45, 7) is 1.70.